The Morgan fingerprint density at radius 2 is 1.75 bits per heavy atom. The molecule has 0 bridgehead atoms. The number of aromatic nitrogens is 2. The number of anilines is 1. The van der Waals surface area contributed by atoms with Gasteiger partial charge >= 0.3 is 0 Å². The Hall–Kier alpha value is -4.22. The summed E-state index contributed by atoms with van der Waals surface area (Å²) in [4.78, 5) is 46.2. The molecule has 11 nitrogen and oxygen atoms in total. The van der Waals surface area contributed by atoms with Gasteiger partial charge in [0.15, 0.2) is 5.82 Å². The van der Waals surface area contributed by atoms with Crippen molar-refractivity contribution in [2.75, 3.05) is 31.6 Å². The second-order valence-corrected chi connectivity index (χ2v) is 11.9. The van der Waals surface area contributed by atoms with E-state index in [4.69, 9.17) is 15.2 Å². The van der Waals surface area contributed by atoms with Crippen LogP contribution in [0.25, 0.3) is 0 Å². The number of carbonyl (C=O) groups excluding carboxylic acids is 3. The molecule has 2 heterocycles. The summed E-state index contributed by atoms with van der Waals surface area (Å²) < 4.78 is 13.1. The maximum atomic E-state index is 13.9. The lowest BCUT2D eigenvalue weighted by Crippen LogP contribution is -2.56. The van der Waals surface area contributed by atoms with Crippen molar-refractivity contribution in [3.05, 3.63) is 78.2 Å². The van der Waals surface area contributed by atoms with E-state index < -0.39 is 29.4 Å². The minimum Gasteiger partial charge on any atom is -0.494 e. The number of likely N-dealkylation sites (tertiary alicyclic amines) is 1. The van der Waals surface area contributed by atoms with Crippen LogP contribution in [0, 0.1) is 5.92 Å². The molecule has 236 valence electrons. The molecular weight excluding hydrogens is 560 g/mol. The molecule has 0 saturated carbocycles. The van der Waals surface area contributed by atoms with E-state index in [0.717, 1.165) is 29.7 Å². The summed E-state index contributed by atoms with van der Waals surface area (Å²) in [5, 5.41) is 5.46. The Balaban J connectivity index is 1.52. The smallest absolute Gasteiger partial charge is 0.250 e. The first-order chi connectivity index (χ1) is 21.0. The number of nitrogens with two attached hydrogens (primary N) is 1. The van der Waals surface area contributed by atoms with E-state index in [1.807, 2.05) is 66.4 Å². The van der Waals surface area contributed by atoms with Crippen molar-refractivity contribution in [2.24, 2.45) is 11.7 Å². The van der Waals surface area contributed by atoms with Gasteiger partial charge in [-0.2, -0.15) is 0 Å². The highest BCUT2D eigenvalue weighted by Crippen LogP contribution is 2.27. The zero-order valence-corrected chi connectivity index (χ0v) is 26.0. The van der Waals surface area contributed by atoms with Crippen molar-refractivity contribution in [2.45, 2.75) is 64.8 Å². The van der Waals surface area contributed by atoms with Gasteiger partial charge in [-0.1, -0.05) is 49.4 Å². The van der Waals surface area contributed by atoms with Crippen molar-refractivity contribution in [1.82, 2.24) is 19.8 Å². The minimum atomic E-state index is -1.20. The molecule has 2 atom stereocenters. The van der Waals surface area contributed by atoms with Gasteiger partial charge in [0.05, 0.1) is 31.7 Å². The molecule has 4 rings (SSSR count). The Morgan fingerprint density at radius 1 is 1.07 bits per heavy atom. The predicted octanol–water partition coefficient (Wildman–Crippen LogP) is 3.51. The third-order valence-corrected chi connectivity index (χ3v) is 7.59. The Morgan fingerprint density at radius 3 is 2.39 bits per heavy atom. The minimum absolute atomic E-state index is 0.0408. The summed E-state index contributed by atoms with van der Waals surface area (Å²) in [6.45, 7) is 9.34. The molecule has 3 amide bonds. The van der Waals surface area contributed by atoms with E-state index in [-0.39, 0.29) is 24.9 Å². The molecule has 2 unspecified atom stereocenters. The van der Waals surface area contributed by atoms with E-state index >= 15 is 0 Å². The molecule has 1 aliphatic heterocycles. The van der Waals surface area contributed by atoms with Crippen LogP contribution in [0.1, 0.15) is 57.7 Å². The van der Waals surface area contributed by atoms with Crippen LogP contribution in [0.15, 0.2) is 67.1 Å². The Kier molecular flexibility index (Phi) is 11.1. The number of piperidine rings is 1. The molecule has 0 spiro atoms. The highest BCUT2D eigenvalue weighted by Gasteiger charge is 2.31. The van der Waals surface area contributed by atoms with Crippen molar-refractivity contribution in [3.63, 3.8) is 0 Å². The van der Waals surface area contributed by atoms with Crippen LogP contribution in [-0.4, -0.2) is 70.1 Å². The number of carbonyl (C=O) groups is 3. The monoisotopic (exact) mass is 604 g/mol. The van der Waals surface area contributed by atoms with Crippen molar-refractivity contribution in [1.29, 1.82) is 0 Å². The zero-order chi connectivity index (χ0) is 31.7. The third-order valence-electron chi connectivity index (χ3n) is 7.59. The molecule has 1 fully saturated rings. The first kappa shape index (κ1) is 32.7. The van der Waals surface area contributed by atoms with E-state index in [1.54, 1.807) is 24.6 Å². The largest absolute Gasteiger partial charge is 0.494 e. The number of nitrogens with zero attached hydrogens (tertiary/aromatic N) is 3. The SMILES string of the molecule is CCOc1ccc(C(C(=O)N2CCC(C)CC2)n2cnc(NC(=O)C(COCc3ccccc3)NC(=O)C(C)(C)N)c2)cc1. The lowest BCUT2D eigenvalue weighted by atomic mass is 9.97. The summed E-state index contributed by atoms with van der Waals surface area (Å²) in [6.07, 6.45) is 5.06. The molecule has 0 radical (unpaired) electrons. The average Bonchev–Trinajstić information content (AvgIpc) is 3.45. The number of hydrogen-bond donors (Lipinski definition) is 3. The molecule has 4 N–H and O–H groups in total. The van der Waals surface area contributed by atoms with Crippen LogP contribution in [0.4, 0.5) is 5.82 Å². The first-order valence-corrected chi connectivity index (χ1v) is 15.1. The Labute approximate surface area is 259 Å². The Bertz CT molecular complexity index is 1380. The average molecular weight is 605 g/mol. The maximum Gasteiger partial charge on any atom is 0.250 e. The van der Waals surface area contributed by atoms with Gasteiger partial charge in [-0.25, -0.2) is 4.98 Å². The molecule has 1 aromatic heterocycles. The normalized spacial score (nSPS) is 15.3. The lowest BCUT2D eigenvalue weighted by Gasteiger charge is -2.33. The third kappa shape index (κ3) is 8.90. The van der Waals surface area contributed by atoms with E-state index in [1.165, 1.54) is 6.33 Å². The van der Waals surface area contributed by atoms with Gasteiger partial charge in [-0.3, -0.25) is 14.4 Å². The molecule has 1 aliphatic rings. The number of hydrogen-bond acceptors (Lipinski definition) is 7. The number of nitrogens with one attached hydrogen (secondary N) is 2. The van der Waals surface area contributed by atoms with Crippen molar-refractivity contribution in [3.8, 4) is 5.75 Å². The quantitative estimate of drug-likeness (QED) is 0.271. The second-order valence-electron chi connectivity index (χ2n) is 11.9. The van der Waals surface area contributed by atoms with Crippen LogP contribution in [0.3, 0.4) is 0 Å². The topological polar surface area (TPSA) is 141 Å². The van der Waals surface area contributed by atoms with Crippen LogP contribution < -0.4 is 21.1 Å². The molecule has 2 aromatic carbocycles. The van der Waals surface area contributed by atoms with Gasteiger partial charge < -0.3 is 35.3 Å². The number of amides is 3. The summed E-state index contributed by atoms with van der Waals surface area (Å²) in [5.74, 6) is 0.476. The van der Waals surface area contributed by atoms with Crippen LogP contribution in [0.2, 0.25) is 0 Å². The molecule has 0 aliphatic carbocycles. The lowest BCUT2D eigenvalue weighted by molar-refractivity contribution is -0.135. The fourth-order valence-electron chi connectivity index (χ4n) is 4.91. The van der Waals surface area contributed by atoms with Gasteiger partial charge in [-0.05, 0) is 62.8 Å². The van der Waals surface area contributed by atoms with E-state index in [0.29, 0.717) is 25.6 Å². The maximum absolute atomic E-state index is 13.9. The highest BCUT2D eigenvalue weighted by molar-refractivity contribution is 5.98. The summed E-state index contributed by atoms with van der Waals surface area (Å²) in [5.41, 5.74) is 6.48. The summed E-state index contributed by atoms with van der Waals surface area (Å²) in [7, 11) is 0. The molecule has 1 saturated heterocycles. The van der Waals surface area contributed by atoms with Gasteiger partial charge in [0.25, 0.3) is 5.91 Å². The molecule has 11 heteroatoms. The van der Waals surface area contributed by atoms with Gasteiger partial charge in [0, 0.05) is 19.3 Å². The van der Waals surface area contributed by atoms with E-state index in [9.17, 15) is 14.4 Å². The summed E-state index contributed by atoms with van der Waals surface area (Å²) >= 11 is 0. The predicted molar refractivity (Wildman–Crippen MR) is 168 cm³/mol. The molecule has 44 heavy (non-hydrogen) atoms. The molecular formula is C33H44N6O5. The molecule has 3 aromatic rings. The van der Waals surface area contributed by atoms with Gasteiger partial charge in [0.1, 0.15) is 17.8 Å². The fraction of sp³-hybridized carbons (Fsp3) is 0.455. The fourth-order valence-corrected chi connectivity index (χ4v) is 4.91. The van der Waals surface area contributed by atoms with Gasteiger partial charge in [0.2, 0.25) is 11.8 Å². The zero-order valence-electron chi connectivity index (χ0n) is 26.0. The van der Waals surface area contributed by atoms with Crippen LogP contribution >= 0.6 is 0 Å². The number of rotatable bonds is 13. The summed E-state index contributed by atoms with van der Waals surface area (Å²) in [6, 6.07) is 15.3. The van der Waals surface area contributed by atoms with Crippen molar-refractivity contribution < 1.29 is 23.9 Å². The van der Waals surface area contributed by atoms with Crippen LogP contribution in [-0.2, 0) is 25.7 Å². The number of ether oxygens (including phenoxy) is 2. The first-order valence-electron chi connectivity index (χ1n) is 15.1. The number of imidazole rings is 1. The van der Waals surface area contributed by atoms with Gasteiger partial charge in [-0.15, -0.1) is 0 Å². The van der Waals surface area contributed by atoms with Crippen molar-refractivity contribution >= 4 is 23.5 Å². The van der Waals surface area contributed by atoms with E-state index in [2.05, 4.69) is 22.5 Å². The standard InChI is InChI=1S/C33H44N6O5/c1-5-44-26-13-11-25(12-14-26)29(31(41)38-17-15-23(2)16-18-38)39-19-28(35-22-39)37-30(40)27(36-32(42)33(3,4)34)21-43-20-24-9-7-6-8-10-24/h6-14,19,22-23,27,29H,5,15-18,20-21,34H2,1-4H3,(H,36,42)(H,37,40). The second kappa shape index (κ2) is 15.0. The highest BCUT2D eigenvalue weighted by atomic mass is 16.5. The number of benzene rings is 2. The van der Waals surface area contributed by atoms with Crippen LogP contribution in [0.5, 0.6) is 5.75 Å².